The fraction of sp³-hybridized carbons (Fsp3) is 0.600. The third-order valence-electron chi connectivity index (χ3n) is 3.73. The molecule has 3 atom stereocenters. The van der Waals surface area contributed by atoms with Crippen LogP contribution in [0.4, 0.5) is 0 Å². The SMILES string of the molecule is CC(Oc1cccnc1)C(=O)N1CCCCC1C(C)N. The number of hydrogen-bond acceptors (Lipinski definition) is 4. The van der Waals surface area contributed by atoms with Crippen LogP contribution in [0.15, 0.2) is 24.5 Å². The van der Waals surface area contributed by atoms with E-state index in [4.69, 9.17) is 10.5 Å². The lowest BCUT2D eigenvalue weighted by Gasteiger charge is -2.39. The Hall–Kier alpha value is -1.62. The van der Waals surface area contributed by atoms with E-state index in [0.717, 1.165) is 25.8 Å². The molecule has 2 N–H and O–H groups in total. The summed E-state index contributed by atoms with van der Waals surface area (Å²) in [5, 5.41) is 0. The third-order valence-corrected chi connectivity index (χ3v) is 3.73. The molecule has 1 aromatic rings. The fourth-order valence-corrected chi connectivity index (χ4v) is 2.68. The molecular weight excluding hydrogens is 254 g/mol. The Morgan fingerprint density at radius 3 is 2.95 bits per heavy atom. The molecule has 5 heteroatoms. The Morgan fingerprint density at radius 1 is 1.50 bits per heavy atom. The van der Waals surface area contributed by atoms with E-state index in [1.54, 1.807) is 31.5 Å². The first-order valence-electron chi connectivity index (χ1n) is 7.22. The molecule has 20 heavy (non-hydrogen) atoms. The van der Waals surface area contributed by atoms with Crippen LogP contribution >= 0.6 is 0 Å². The molecular formula is C15H23N3O2. The molecule has 2 rings (SSSR count). The maximum absolute atomic E-state index is 12.5. The van der Waals surface area contributed by atoms with Gasteiger partial charge in [-0.25, -0.2) is 0 Å². The zero-order valence-corrected chi connectivity index (χ0v) is 12.2. The van der Waals surface area contributed by atoms with Crippen LogP contribution in [0.1, 0.15) is 33.1 Å². The molecule has 2 heterocycles. The van der Waals surface area contributed by atoms with Gasteiger partial charge in [-0.15, -0.1) is 0 Å². The van der Waals surface area contributed by atoms with E-state index in [1.165, 1.54) is 0 Å². The average molecular weight is 277 g/mol. The van der Waals surface area contributed by atoms with Crippen molar-refractivity contribution in [1.29, 1.82) is 0 Å². The minimum Gasteiger partial charge on any atom is -0.479 e. The lowest BCUT2D eigenvalue weighted by Crippen LogP contribution is -2.54. The summed E-state index contributed by atoms with van der Waals surface area (Å²) in [5.74, 6) is 0.624. The number of nitrogens with two attached hydrogens (primary N) is 1. The molecule has 1 saturated heterocycles. The molecule has 1 aliphatic rings. The van der Waals surface area contributed by atoms with E-state index >= 15 is 0 Å². The van der Waals surface area contributed by atoms with Crippen molar-refractivity contribution in [2.45, 2.75) is 51.3 Å². The quantitative estimate of drug-likeness (QED) is 0.907. The fourth-order valence-electron chi connectivity index (χ4n) is 2.68. The molecule has 0 aliphatic carbocycles. The molecule has 110 valence electrons. The van der Waals surface area contributed by atoms with Crippen LogP contribution in [0.5, 0.6) is 5.75 Å². The van der Waals surface area contributed by atoms with Gasteiger partial charge in [-0.05, 0) is 45.2 Å². The minimum atomic E-state index is -0.515. The number of carbonyl (C=O) groups is 1. The Morgan fingerprint density at radius 2 is 2.30 bits per heavy atom. The number of nitrogens with zero attached hydrogens (tertiary/aromatic N) is 2. The number of amides is 1. The van der Waals surface area contributed by atoms with Crippen molar-refractivity contribution in [1.82, 2.24) is 9.88 Å². The normalized spacial score (nSPS) is 22.1. The third kappa shape index (κ3) is 3.48. The van der Waals surface area contributed by atoms with E-state index in [-0.39, 0.29) is 18.0 Å². The van der Waals surface area contributed by atoms with Gasteiger partial charge in [-0.3, -0.25) is 9.78 Å². The average Bonchev–Trinajstić information content (AvgIpc) is 2.47. The Labute approximate surface area is 120 Å². The second kappa shape index (κ2) is 6.70. The van der Waals surface area contributed by atoms with Crippen molar-refractivity contribution in [3.05, 3.63) is 24.5 Å². The second-order valence-corrected chi connectivity index (χ2v) is 5.40. The first kappa shape index (κ1) is 14.8. The topological polar surface area (TPSA) is 68.5 Å². The van der Waals surface area contributed by atoms with E-state index < -0.39 is 6.10 Å². The first-order chi connectivity index (χ1) is 9.59. The monoisotopic (exact) mass is 277 g/mol. The lowest BCUT2D eigenvalue weighted by molar-refractivity contribution is -0.142. The predicted molar refractivity (Wildman–Crippen MR) is 77.3 cm³/mol. The van der Waals surface area contributed by atoms with Gasteiger partial charge in [0.05, 0.1) is 6.20 Å². The number of piperidine rings is 1. The van der Waals surface area contributed by atoms with Crippen molar-refractivity contribution in [3.8, 4) is 5.75 Å². The standard InChI is InChI=1S/C15H23N3O2/c1-11(16)14-7-3-4-9-18(14)15(19)12(2)20-13-6-5-8-17-10-13/h5-6,8,10-12,14H,3-4,7,9,16H2,1-2H3. The largest absolute Gasteiger partial charge is 0.479 e. The van der Waals surface area contributed by atoms with Crippen LogP contribution in [0.25, 0.3) is 0 Å². The van der Waals surface area contributed by atoms with Gasteiger partial charge in [-0.1, -0.05) is 0 Å². The Bertz CT molecular complexity index is 436. The summed E-state index contributed by atoms with van der Waals surface area (Å²) in [5.41, 5.74) is 6.00. The highest BCUT2D eigenvalue weighted by Gasteiger charge is 2.32. The zero-order chi connectivity index (χ0) is 14.5. The summed E-state index contributed by atoms with van der Waals surface area (Å²) < 4.78 is 5.66. The molecule has 1 aliphatic heterocycles. The molecule has 0 radical (unpaired) electrons. The van der Waals surface area contributed by atoms with Crippen LogP contribution in [0.3, 0.4) is 0 Å². The van der Waals surface area contributed by atoms with Gasteiger partial charge in [0.25, 0.3) is 5.91 Å². The number of rotatable bonds is 4. The molecule has 0 saturated carbocycles. The number of aromatic nitrogens is 1. The summed E-state index contributed by atoms with van der Waals surface area (Å²) in [7, 11) is 0. The van der Waals surface area contributed by atoms with Crippen molar-refractivity contribution in [2.75, 3.05) is 6.54 Å². The van der Waals surface area contributed by atoms with Gasteiger partial charge in [0.1, 0.15) is 5.75 Å². The highest BCUT2D eigenvalue weighted by molar-refractivity contribution is 5.81. The summed E-state index contributed by atoms with van der Waals surface area (Å²) >= 11 is 0. The van der Waals surface area contributed by atoms with Crippen LogP contribution in [-0.2, 0) is 4.79 Å². The lowest BCUT2D eigenvalue weighted by atomic mass is 9.96. The van der Waals surface area contributed by atoms with Crippen molar-refractivity contribution in [3.63, 3.8) is 0 Å². The summed E-state index contributed by atoms with van der Waals surface area (Å²) in [6, 6.07) is 3.70. The van der Waals surface area contributed by atoms with Gasteiger partial charge >= 0.3 is 0 Å². The maximum atomic E-state index is 12.5. The van der Waals surface area contributed by atoms with Crippen LogP contribution in [0.2, 0.25) is 0 Å². The number of likely N-dealkylation sites (tertiary alicyclic amines) is 1. The summed E-state index contributed by atoms with van der Waals surface area (Å²) in [6.45, 7) is 4.51. The van der Waals surface area contributed by atoms with E-state index in [0.29, 0.717) is 5.75 Å². The van der Waals surface area contributed by atoms with Gasteiger partial charge in [0.15, 0.2) is 6.10 Å². The Kier molecular flexibility index (Phi) is 4.95. The summed E-state index contributed by atoms with van der Waals surface area (Å²) in [4.78, 5) is 18.4. The van der Waals surface area contributed by atoms with Crippen molar-refractivity contribution < 1.29 is 9.53 Å². The van der Waals surface area contributed by atoms with Crippen LogP contribution < -0.4 is 10.5 Å². The zero-order valence-electron chi connectivity index (χ0n) is 12.2. The van der Waals surface area contributed by atoms with E-state index in [9.17, 15) is 4.79 Å². The number of pyridine rings is 1. The van der Waals surface area contributed by atoms with Gasteiger partial charge in [-0.2, -0.15) is 0 Å². The Balaban J connectivity index is 2.01. The number of hydrogen-bond donors (Lipinski definition) is 1. The highest BCUT2D eigenvalue weighted by atomic mass is 16.5. The highest BCUT2D eigenvalue weighted by Crippen LogP contribution is 2.21. The van der Waals surface area contributed by atoms with Crippen LogP contribution in [0, 0.1) is 0 Å². The van der Waals surface area contributed by atoms with Gasteiger partial charge in [0.2, 0.25) is 0 Å². The molecule has 0 aromatic carbocycles. The van der Waals surface area contributed by atoms with Crippen molar-refractivity contribution >= 4 is 5.91 Å². The maximum Gasteiger partial charge on any atom is 0.263 e. The molecule has 0 spiro atoms. The minimum absolute atomic E-state index is 0.00941. The smallest absolute Gasteiger partial charge is 0.263 e. The molecule has 0 bridgehead atoms. The molecule has 3 unspecified atom stereocenters. The van der Waals surface area contributed by atoms with Crippen LogP contribution in [-0.4, -0.2) is 40.5 Å². The van der Waals surface area contributed by atoms with E-state index in [1.807, 2.05) is 11.8 Å². The number of carbonyl (C=O) groups excluding carboxylic acids is 1. The van der Waals surface area contributed by atoms with Gasteiger partial charge in [0, 0.05) is 24.8 Å². The first-order valence-corrected chi connectivity index (χ1v) is 7.22. The molecule has 5 nitrogen and oxygen atoms in total. The molecule has 1 fully saturated rings. The summed E-state index contributed by atoms with van der Waals surface area (Å²) in [6.07, 6.45) is 5.92. The molecule has 1 aromatic heterocycles. The van der Waals surface area contributed by atoms with E-state index in [2.05, 4.69) is 4.98 Å². The molecule has 1 amide bonds. The van der Waals surface area contributed by atoms with Gasteiger partial charge < -0.3 is 15.4 Å². The predicted octanol–water partition coefficient (Wildman–Crippen LogP) is 1.58. The van der Waals surface area contributed by atoms with Crippen molar-refractivity contribution in [2.24, 2.45) is 5.73 Å². The number of ether oxygens (including phenoxy) is 1. The second-order valence-electron chi connectivity index (χ2n) is 5.40.